The predicted molar refractivity (Wildman–Crippen MR) is 43.9 cm³/mol. The molecule has 1 aliphatic heterocycles. The van der Waals surface area contributed by atoms with Gasteiger partial charge in [0, 0.05) is 6.42 Å². The maximum absolute atomic E-state index is 11.2. The summed E-state index contributed by atoms with van der Waals surface area (Å²) < 4.78 is 4.94. The molecule has 2 atom stereocenters. The Hall–Kier alpha value is -0.700. The Morgan fingerprint density at radius 1 is 1.33 bits per heavy atom. The molecule has 1 aliphatic rings. The van der Waals surface area contributed by atoms with Crippen LogP contribution < -0.4 is 0 Å². The van der Waals surface area contributed by atoms with Gasteiger partial charge < -0.3 is 4.74 Å². The molecule has 3 heteroatoms. The van der Waals surface area contributed by atoms with Crippen LogP contribution in [0.3, 0.4) is 0 Å². The van der Waals surface area contributed by atoms with Gasteiger partial charge in [-0.05, 0) is 13.3 Å². The number of rotatable bonds is 5. The predicted octanol–water partition coefficient (Wildman–Crippen LogP) is 1.10. The molecule has 0 aromatic carbocycles. The zero-order valence-electron chi connectivity index (χ0n) is 7.50. The quantitative estimate of drug-likeness (QED) is 0.580. The van der Waals surface area contributed by atoms with Crippen LogP contribution in [0, 0.1) is 0 Å². The Labute approximate surface area is 72.1 Å². The fourth-order valence-corrected chi connectivity index (χ4v) is 1.16. The minimum atomic E-state index is -0.422. The zero-order valence-corrected chi connectivity index (χ0v) is 7.50. The Morgan fingerprint density at radius 3 is 2.42 bits per heavy atom. The van der Waals surface area contributed by atoms with E-state index < -0.39 is 12.2 Å². The Bertz CT molecular complexity index is 198. The van der Waals surface area contributed by atoms with E-state index in [-0.39, 0.29) is 11.6 Å². The monoisotopic (exact) mass is 170 g/mol. The van der Waals surface area contributed by atoms with Crippen molar-refractivity contribution in [2.75, 3.05) is 0 Å². The third-order valence-corrected chi connectivity index (χ3v) is 1.99. The van der Waals surface area contributed by atoms with Crippen LogP contribution in [-0.2, 0) is 14.3 Å². The summed E-state index contributed by atoms with van der Waals surface area (Å²) in [6, 6.07) is 0. The Kier molecular flexibility index (Phi) is 2.98. The lowest BCUT2D eigenvalue weighted by Gasteiger charge is -1.92. The molecular formula is C9H14O3. The average molecular weight is 170 g/mol. The minimum Gasteiger partial charge on any atom is -0.353 e. The van der Waals surface area contributed by atoms with Crippen LogP contribution in [0.5, 0.6) is 0 Å². The van der Waals surface area contributed by atoms with Gasteiger partial charge in [0.15, 0.2) is 11.6 Å². The van der Waals surface area contributed by atoms with Crippen LogP contribution in [0.15, 0.2) is 0 Å². The molecule has 0 bridgehead atoms. The van der Waals surface area contributed by atoms with Crippen molar-refractivity contribution in [3.63, 3.8) is 0 Å². The highest BCUT2D eigenvalue weighted by molar-refractivity contribution is 5.95. The molecule has 68 valence electrons. The van der Waals surface area contributed by atoms with Gasteiger partial charge >= 0.3 is 0 Å². The number of carbonyl (C=O) groups excluding carboxylic acids is 2. The normalized spacial score (nSPS) is 26.8. The second kappa shape index (κ2) is 3.81. The topological polar surface area (TPSA) is 46.7 Å². The first-order chi connectivity index (χ1) is 5.66. The van der Waals surface area contributed by atoms with Gasteiger partial charge in [-0.3, -0.25) is 9.59 Å². The fourth-order valence-electron chi connectivity index (χ4n) is 1.16. The molecule has 1 fully saturated rings. The maximum atomic E-state index is 11.2. The molecular weight excluding hydrogens is 156 g/mol. The third-order valence-electron chi connectivity index (χ3n) is 1.99. The number of unbranched alkanes of at least 4 members (excludes halogenated alkanes) is 1. The summed E-state index contributed by atoms with van der Waals surface area (Å²) in [7, 11) is 0. The van der Waals surface area contributed by atoms with E-state index in [1.165, 1.54) is 6.92 Å². The van der Waals surface area contributed by atoms with Gasteiger partial charge in [-0.2, -0.15) is 0 Å². The molecule has 0 amide bonds. The first-order valence-corrected chi connectivity index (χ1v) is 4.35. The largest absolute Gasteiger partial charge is 0.353 e. The molecule has 12 heavy (non-hydrogen) atoms. The SMILES string of the molecule is CCCCC(=O)C1OC1C(C)=O. The molecule has 3 nitrogen and oxygen atoms in total. The van der Waals surface area contributed by atoms with Gasteiger partial charge in [0.25, 0.3) is 0 Å². The highest BCUT2D eigenvalue weighted by atomic mass is 16.6. The van der Waals surface area contributed by atoms with E-state index in [2.05, 4.69) is 0 Å². The van der Waals surface area contributed by atoms with Crippen molar-refractivity contribution >= 4 is 11.6 Å². The van der Waals surface area contributed by atoms with Crippen molar-refractivity contribution < 1.29 is 14.3 Å². The Morgan fingerprint density at radius 2 is 2.00 bits per heavy atom. The fraction of sp³-hybridized carbons (Fsp3) is 0.778. The van der Waals surface area contributed by atoms with E-state index in [1.54, 1.807) is 0 Å². The summed E-state index contributed by atoms with van der Waals surface area (Å²) in [4.78, 5) is 21.9. The number of ketones is 2. The number of ether oxygens (including phenoxy) is 1. The minimum absolute atomic E-state index is 0.0372. The van der Waals surface area contributed by atoms with Gasteiger partial charge in [-0.1, -0.05) is 13.3 Å². The van der Waals surface area contributed by atoms with Crippen molar-refractivity contribution in [2.24, 2.45) is 0 Å². The lowest BCUT2D eigenvalue weighted by molar-refractivity contribution is -0.121. The number of carbonyl (C=O) groups is 2. The molecule has 0 aromatic rings. The van der Waals surface area contributed by atoms with E-state index in [9.17, 15) is 9.59 Å². The van der Waals surface area contributed by atoms with Gasteiger partial charge in [-0.15, -0.1) is 0 Å². The van der Waals surface area contributed by atoms with E-state index in [1.807, 2.05) is 6.92 Å². The van der Waals surface area contributed by atoms with Crippen LogP contribution in [-0.4, -0.2) is 23.8 Å². The summed E-state index contributed by atoms with van der Waals surface area (Å²) in [5.41, 5.74) is 0. The van der Waals surface area contributed by atoms with Crippen LogP contribution in [0.2, 0.25) is 0 Å². The molecule has 1 rings (SSSR count). The van der Waals surface area contributed by atoms with Crippen molar-refractivity contribution in [3.8, 4) is 0 Å². The summed E-state index contributed by atoms with van der Waals surface area (Å²) in [6.07, 6.45) is 1.61. The van der Waals surface area contributed by atoms with Gasteiger partial charge in [-0.25, -0.2) is 0 Å². The van der Waals surface area contributed by atoms with Crippen molar-refractivity contribution in [1.82, 2.24) is 0 Å². The molecule has 0 N–H and O–H groups in total. The van der Waals surface area contributed by atoms with Crippen LogP contribution in [0.25, 0.3) is 0 Å². The highest BCUT2D eigenvalue weighted by Gasteiger charge is 2.47. The van der Waals surface area contributed by atoms with Gasteiger partial charge in [0.1, 0.15) is 12.2 Å². The number of hydrogen-bond donors (Lipinski definition) is 0. The Balaban J connectivity index is 2.24. The molecule has 1 heterocycles. The van der Waals surface area contributed by atoms with E-state index in [4.69, 9.17) is 4.74 Å². The summed E-state index contributed by atoms with van der Waals surface area (Å²) in [5, 5.41) is 0. The molecule has 2 unspecified atom stereocenters. The molecule has 0 radical (unpaired) electrons. The number of Topliss-reactive ketones (excluding diaryl/α,β-unsaturated/α-hetero) is 2. The molecule has 0 spiro atoms. The standard InChI is InChI=1S/C9H14O3/c1-3-4-5-7(11)9-8(12-9)6(2)10/h8-9H,3-5H2,1-2H3. The van der Waals surface area contributed by atoms with Gasteiger partial charge in [0.2, 0.25) is 0 Å². The first-order valence-electron chi connectivity index (χ1n) is 4.35. The second-order valence-corrected chi connectivity index (χ2v) is 3.16. The maximum Gasteiger partial charge on any atom is 0.164 e. The lowest BCUT2D eigenvalue weighted by atomic mass is 10.1. The average Bonchev–Trinajstić information content (AvgIpc) is 2.78. The lowest BCUT2D eigenvalue weighted by Crippen LogP contribution is -2.13. The second-order valence-electron chi connectivity index (χ2n) is 3.16. The van der Waals surface area contributed by atoms with Crippen LogP contribution in [0.1, 0.15) is 33.1 Å². The van der Waals surface area contributed by atoms with Gasteiger partial charge in [0.05, 0.1) is 0 Å². The first kappa shape index (κ1) is 9.39. The van der Waals surface area contributed by atoms with Crippen molar-refractivity contribution in [1.29, 1.82) is 0 Å². The van der Waals surface area contributed by atoms with E-state index >= 15 is 0 Å². The smallest absolute Gasteiger partial charge is 0.164 e. The molecule has 0 aromatic heterocycles. The van der Waals surface area contributed by atoms with Crippen molar-refractivity contribution in [2.45, 2.75) is 45.3 Å². The number of hydrogen-bond acceptors (Lipinski definition) is 3. The van der Waals surface area contributed by atoms with E-state index in [0.717, 1.165) is 12.8 Å². The molecule has 0 saturated carbocycles. The summed E-state index contributed by atoms with van der Waals surface area (Å²) in [5.74, 6) is 0.0434. The van der Waals surface area contributed by atoms with E-state index in [0.29, 0.717) is 6.42 Å². The zero-order chi connectivity index (χ0) is 9.14. The van der Waals surface area contributed by atoms with Crippen LogP contribution in [0.4, 0.5) is 0 Å². The number of epoxide rings is 1. The van der Waals surface area contributed by atoms with Crippen molar-refractivity contribution in [3.05, 3.63) is 0 Å². The summed E-state index contributed by atoms with van der Waals surface area (Å²) in [6.45, 7) is 3.49. The van der Waals surface area contributed by atoms with Crippen LogP contribution >= 0.6 is 0 Å². The third kappa shape index (κ3) is 2.14. The molecule has 1 saturated heterocycles. The highest BCUT2D eigenvalue weighted by Crippen LogP contribution is 2.25. The summed E-state index contributed by atoms with van der Waals surface area (Å²) >= 11 is 0. The molecule has 0 aliphatic carbocycles.